The van der Waals surface area contributed by atoms with Gasteiger partial charge in [0.15, 0.2) is 6.10 Å². The minimum Gasteiger partial charge on any atom is -0.490 e. The second-order valence-electron chi connectivity index (χ2n) is 3.12. The van der Waals surface area contributed by atoms with Gasteiger partial charge in [-0.3, -0.25) is 0 Å². The molecule has 17 heavy (non-hydrogen) atoms. The van der Waals surface area contributed by atoms with Gasteiger partial charge >= 0.3 is 6.18 Å². The Hall–Kier alpha value is -1.81. The molecule has 0 fully saturated rings. The van der Waals surface area contributed by atoms with E-state index < -0.39 is 24.7 Å². The van der Waals surface area contributed by atoms with Gasteiger partial charge in [0, 0.05) is 6.07 Å². The SMILES string of the molecule is N#Cc1ccc(OCC(O)C(F)(F)F)cc1F. The molecule has 7 heteroatoms. The van der Waals surface area contributed by atoms with Gasteiger partial charge in [0.25, 0.3) is 0 Å². The summed E-state index contributed by atoms with van der Waals surface area (Å²) in [6.07, 6.45) is -7.42. The fraction of sp³-hybridized carbons (Fsp3) is 0.300. The average molecular weight is 249 g/mol. The summed E-state index contributed by atoms with van der Waals surface area (Å²) in [5, 5.41) is 17.0. The smallest absolute Gasteiger partial charge is 0.417 e. The van der Waals surface area contributed by atoms with Crippen molar-refractivity contribution in [3.05, 3.63) is 29.6 Å². The largest absolute Gasteiger partial charge is 0.490 e. The maximum atomic E-state index is 13.0. The molecule has 0 spiro atoms. The highest BCUT2D eigenvalue weighted by atomic mass is 19.4. The Bertz CT molecular complexity index is 439. The van der Waals surface area contributed by atoms with Crippen molar-refractivity contribution in [3.63, 3.8) is 0 Å². The van der Waals surface area contributed by atoms with E-state index in [0.717, 1.165) is 18.2 Å². The van der Waals surface area contributed by atoms with Crippen molar-refractivity contribution in [1.82, 2.24) is 0 Å². The summed E-state index contributed by atoms with van der Waals surface area (Å²) >= 11 is 0. The Labute approximate surface area is 93.9 Å². The highest BCUT2D eigenvalue weighted by Crippen LogP contribution is 2.22. The maximum absolute atomic E-state index is 13.0. The van der Waals surface area contributed by atoms with Gasteiger partial charge < -0.3 is 9.84 Å². The van der Waals surface area contributed by atoms with E-state index in [9.17, 15) is 17.6 Å². The monoisotopic (exact) mass is 249 g/mol. The number of aliphatic hydroxyl groups is 1. The van der Waals surface area contributed by atoms with Crippen LogP contribution in [0.15, 0.2) is 18.2 Å². The van der Waals surface area contributed by atoms with Crippen molar-refractivity contribution in [2.75, 3.05) is 6.61 Å². The third kappa shape index (κ3) is 3.60. The van der Waals surface area contributed by atoms with Crippen LogP contribution in [0.2, 0.25) is 0 Å². The number of aliphatic hydroxyl groups excluding tert-OH is 1. The Morgan fingerprint density at radius 1 is 1.41 bits per heavy atom. The lowest BCUT2D eigenvalue weighted by Gasteiger charge is -2.15. The van der Waals surface area contributed by atoms with Crippen molar-refractivity contribution < 1.29 is 27.4 Å². The molecule has 1 aromatic carbocycles. The maximum Gasteiger partial charge on any atom is 0.417 e. The molecule has 0 saturated heterocycles. The van der Waals surface area contributed by atoms with Crippen LogP contribution in [-0.2, 0) is 0 Å². The van der Waals surface area contributed by atoms with Crippen LogP contribution in [0.5, 0.6) is 5.75 Å². The quantitative estimate of drug-likeness (QED) is 0.833. The van der Waals surface area contributed by atoms with Crippen LogP contribution in [0.1, 0.15) is 5.56 Å². The highest BCUT2D eigenvalue weighted by Gasteiger charge is 2.38. The summed E-state index contributed by atoms with van der Waals surface area (Å²) in [6.45, 7) is -1.03. The minimum atomic E-state index is -4.79. The molecule has 1 rings (SSSR count). The number of rotatable bonds is 3. The standard InChI is InChI=1S/C10H7F4NO2/c11-8-3-7(2-1-6(8)4-15)17-5-9(16)10(12,13)14/h1-3,9,16H,5H2. The molecule has 0 saturated carbocycles. The Morgan fingerprint density at radius 2 is 2.06 bits per heavy atom. The van der Waals surface area contributed by atoms with E-state index >= 15 is 0 Å². The molecule has 0 aromatic heterocycles. The molecule has 92 valence electrons. The van der Waals surface area contributed by atoms with Gasteiger partial charge in [-0.2, -0.15) is 18.4 Å². The van der Waals surface area contributed by atoms with Gasteiger partial charge in [-0.25, -0.2) is 4.39 Å². The molecule has 0 heterocycles. The van der Waals surface area contributed by atoms with Gasteiger partial charge in [0.1, 0.15) is 24.2 Å². The van der Waals surface area contributed by atoms with Gasteiger partial charge in [-0.05, 0) is 12.1 Å². The van der Waals surface area contributed by atoms with Crippen LogP contribution in [0, 0.1) is 17.1 Å². The van der Waals surface area contributed by atoms with Crippen molar-refractivity contribution in [2.45, 2.75) is 12.3 Å². The van der Waals surface area contributed by atoms with Gasteiger partial charge in [-0.15, -0.1) is 0 Å². The molecular formula is C10H7F4NO2. The molecule has 0 bridgehead atoms. The first kappa shape index (κ1) is 13.3. The van der Waals surface area contributed by atoms with Gasteiger partial charge in [-0.1, -0.05) is 0 Å². The molecule has 1 unspecified atom stereocenters. The van der Waals surface area contributed by atoms with Crippen molar-refractivity contribution in [1.29, 1.82) is 5.26 Å². The summed E-state index contributed by atoms with van der Waals surface area (Å²) in [5.74, 6) is -1.09. The number of nitrogens with zero attached hydrogens (tertiary/aromatic N) is 1. The topological polar surface area (TPSA) is 53.2 Å². The summed E-state index contributed by atoms with van der Waals surface area (Å²) < 4.78 is 53.3. The number of nitriles is 1. The molecule has 0 amide bonds. The van der Waals surface area contributed by atoms with Crippen molar-refractivity contribution in [3.8, 4) is 11.8 Å². The van der Waals surface area contributed by atoms with E-state index in [1.807, 2.05) is 0 Å². The van der Waals surface area contributed by atoms with E-state index in [-0.39, 0.29) is 11.3 Å². The normalized spacial score (nSPS) is 12.9. The molecule has 0 aliphatic rings. The summed E-state index contributed by atoms with van der Waals surface area (Å²) in [6, 6.07) is 4.55. The lowest BCUT2D eigenvalue weighted by molar-refractivity contribution is -0.210. The predicted molar refractivity (Wildman–Crippen MR) is 48.7 cm³/mol. The first-order valence-corrected chi connectivity index (χ1v) is 4.42. The fourth-order valence-electron chi connectivity index (χ4n) is 0.946. The van der Waals surface area contributed by atoms with Crippen molar-refractivity contribution >= 4 is 0 Å². The second kappa shape index (κ2) is 5.01. The first-order chi connectivity index (χ1) is 7.84. The summed E-state index contributed by atoms with van der Waals surface area (Å²) in [7, 11) is 0. The van der Waals surface area contributed by atoms with Crippen LogP contribution in [0.3, 0.4) is 0 Å². The third-order valence-corrected chi connectivity index (χ3v) is 1.85. The van der Waals surface area contributed by atoms with Gasteiger partial charge in [0.2, 0.25) is 0 Å². The van der Waals surface area contributed by atoms with Crippen LogP contribution in [-0.4, -0.2) is 24.0 Å². The number of benzene rings is 1. The summed E-state index contributed by atoms with van der Waals surface area (Å²) in [4.78, 5) is 0. The molecular weight excluding hydrogens is 242 g/mol. The van der Waals surface area contributed by atoms with Crippen LogP contribution in [0.4, 0.5) is 17.6 Å². The van der Waals surface area contributed by atoms with E-state index in [4.69, 9.17) is 10.4 Å². The molecule has 1 atom stereocenters. The molecule has 0 radical (unpaired) electrons. The van der Waals surface area contributed by atoms with Crippen LogP contribution >= 0.6 is 0 Å². The number of halogens is 4. The van der Waals surface area contributed by atoms with Gasteiger partial charge in [0.05, 0.1) is 5.56 Å². The predicted octanol–water partition coefficient (Wildman–Crippen LogP) is 2.00. The van der Waals surface area contributed by atoms with Crippen molar-refractivity contribution in [2.24, 2.45) is 0 Å². The highest BCUT2D eigenvalue weighted by molar-refractivity contribution is 5.36. The van der Waals surface area contributed by atoms with E-state index in [2.05, 4.69) is 4.74 Å². The van der Waals surface area contributed by atoms with Crippen LogP contribution in [0.25, 0.3) is 0 Å². The molecule has 0 aliphatic heterocycles. The van der Waals surface area contributed by atoms with E-state index in [1.54, 1.807) is 6.07 Å². The second-order valence-corrected chi connectivity index (χ2v) is 3.12. The molecule has 3 nitrogen and oxygen atoms in total. The van der Waals surface area contributed by atoms with E-state index in [0.29, 0.717) is 0 Å². The zero-order chi connectivity index (χ0) is 13.1. The zero-order valence-corrected chi connectivity index (χ0v) is 8.33. The number of hydrogen-bond acceptors (Lipinski definition) is 3. The summed E-state index contributed by atoms with van der Waals surface area (Å²) in [5.41, 5.74) is -0.242. The van der Waals surface area contributed by atoms with Crippen LogP contribution < -0.4 is 4.74 Å². The molecule has 1 aromatic rings. The number of alkyl halides is 3. The Morgan fingerprint density at radius 3 is 2.53 bits per heavy atom. The number of hydrogen-bond donors (Lipinski definition) is 1. The number of ether oxygens (including phenoxy) is 1. The zero-order valence-electron chi connectivity index (χ0n) is 8.33. The molecule has 1 N–H and O–H groups in total. The Kier molecular flexibility index (Phi) is 3.91. The Balaban J connectivity index is 2.66. The minimum absolute atomic E-state index is 0.190. The molecule has 0 aliphatic carbocycles. The lowest BCUT2D eigenvalue weighted by Crippen LogP contribution is -2.34. The lowest BCUT2D eigenvalue weighted by atomic mass is 10.2. The third-order valence-electron chi connectivity index (χ3n) is 1.85. The first-order valence-electron chi connectivity index (χ1n) is 4.42. The van der Waals surface area contributed by atoms with E-state index in [1.165, 1.54) is 0 Å². The average Bonchev–Trinajstić information content (AvgIpc) is 2.24. The fourth-order valence-corrected chi connectivity index (χ4v) is 0.946.